The molecule has 0 spiro atoms. The van der Waals surface area contributed by atoms with Crippen molar-refractivity contribution < 1.29 is 14.3 Å². The van der Waals surface area contributed by atoms with Gasteiger partial charge in [-0.1, -0.05) is 33.1 Å². The molecule has 1 amide bonds. The number of fused-ring (bicyclic) bond motifs is 1. The van der Waals surface area contributed by atoms with E-state index in [0.29, 0.717) is 24.4 Å². The Balaban J connectivity index is 2.69. The monoisotopic (exact) mass is 400 g/mol. The summed E-state index contributed by atoms with van der Waals surface area (Å²) in [7, 11) is 1.49. The number of carbonyl (C=O) groups excluding carboxylic acids is 1. The van der Waals surface area contributed by atoms with Gasteiger partial charge in [0.15, 0.2) is 5.75 Å². The summed E-state index contributed by atoms with van der Waals surface area (Å²) in [5.41, 5.74) is 1.14. The quantitative estimate of drug-likeness (QED) is 0.437. The summed E-state index contributed by atoms with van der Waals surface area (Å²) in [6, 6.07) is 5.50. The average molecular weight is 401 g/mol. The van der Waals surface area contributed by atoms with Crippen LogP contribution in [0.4, 0.5) is 5.69 Å². The fourth-order valence-corrected chi connectivity index (χ4v) is 3.35. The van der Waals surface area contributed by atoms with Crippen LogP contribution >= 0.6 is 0 Å². The number of ether oxygens (including phenoxy) is 2. The minimum atomic E-state index is -0.224. The van der Waals surface area contributed by atoms with E-state index in [1.54, 1.807) is 4.57 Å². The van der Waals surface area contributed by atoms with Gasteiger partial charge in [-0.15, -0.1) is 0 Å². The van der Waals surface area contributed by atoms with Gasteiger partial charge < -0.3 is 19.4 Å². The molecule has 2 rings (SSSR count). The van der Waals surface area contributed by atoms with E-state index in [0.717, 1.165) is 42.3 Å². The summed E-state index contributed by atoms with van der Waals surface area (Å²) >= 11 is 0. The summed E-state index contributed by atoms with van der Waals surface area (Å²) in [6.45, 7) is 8.10. The van der Waals surface area contributed by atoms with Gasteiger partial charge in [0.2, 0.25) is 11.7 Å². The Morgan fingerprint density at radius 1 is 1.17 bits per heavy atom. The highest BCUT2D eigenvalue weighted by molar-refractivity contribution is 5.95. The molecule has 1 aromatic carbocycles. The SMILES string of the molecule is CC=C(CC)Oc1c(OC)c(=O)n(CCCCCC)c2cc(NC(C)=O)ccc12. The molecule has 0 aliphatic carbocycles. The van der Waals surface area contributed by atoms with Crippen LogP contribution in [0.25, 0.3) is 10.9 Å². The first-order valence-electron chi connectivity index (χ1n) is 10.3. The number of pyridine rings is 1. The van der Waals surface area contributed by atoms with E-state index >= 15 is 0 Å². The van der Waals surface area contributed by atoms with Gasteiger partial charge in [0.25, 0.3) is 5.56 Å². The van der Waals surface area contributed by atoms with E-state index in [1.807, 2.05) is 38.1 Å². The fourth-order valence-electron chi connectivity index (χ4n) is 3.35. The van der Waals surface area contributed by atoms with Gasteiger partial charge in [-0.25, -0.2) is 0 Å². The van der Waals surface area contributed by atoms with Crippen molar-refractivity contribution in [3.8, 4) is 11.5 Å². The van der Waals surface area contributed by atoms with Crippen molar-refractivity contribution in [1.29, 1.82) is 0 Å². The average Bonchev–Trinajstić information content (AvgIpc) is 2.70. The van der Waals surface area contributed by atoms with Gasteiger partial charge in [0.1, 0.15) is 0 Å². The number of aryl methyl sites for hydroxylation is 1. The summed E-state index contributed by atoms with van der Waals surface area (Å²) < 4.78 is 13.3. The predicted octanol–water partition coefficient (Wildman–Crippen LogP) is 5.24. The molecule has 158 valence electrons. The summed E-state index contributed by atoms with van der Waals surface area (Å²) in [5.74, 6) is 1.22. The molecular formula is C23H32N2O4. The molecular weight excluding hydrogens is 368 g/mol. The Morgan fingerprint density at radius 3 is 2.52 bits per heavy atom. The van der Waals surface area contributed by atoms with Gasteiger partial charge in [-0.05, 0) is 37.6 Å². The maximum absolute atomic E-state index is 13.2. The van der Waals surface area contributed by atoms with Crippen molar-refractivity contribution in [2.24, 2.45) is 0 Å². The van der Waals surface area contributed by atoms with Crippen molar-refractivity contribution in [2.75, 3.05) is 12.4 Å². The number of hydrogen-bond acceptors (Lipinski definition) is 4. The molecule has 0 fully saturated rings. The summed E-state index contributed by atoms with van der Waals surface area (Å²) in [5, 5.41) is 3.57. The maximum atomic E-state index is 13.2. The number of nitrogens with one attached hydrogen (secondary N) is 1. The van der Waals surface area contributed by atoms with E-state index in [1.165, 1.54) is 14.0 Å². The normalized spacial score (nSPS) is 11.6. The first-order valence-corrected chi connectivity index (χ1v) is 10.3. The number of benzene rings is 1. The van der Waals surface area contributed by atoms with Crippen LogP contribution in [0, 0.1) is 0 Å². The number of rotatable bonds is 10. The number of aromatic nitrogens is 1. The number of methoxy groups -OCH3 is 1. The minimum Gasteiger partial charge on any atom is -0.488 e. The Bertz CT molecular complexity index is 944. The van der Waals surface area contributed by atoms with Crippen molar-refractivity contribution in [2.45, 2.75) is 66.3 Å². The topological polar surface area (TPSA) is 69.6 Å². The zero-order valence-electron chi connectivity index (χ0n) is 18.1. The number of carbonyl (C=O) groups is 1. The highest BCUT2D eigenvalue weighted by Crippen LogP contribution is 2.35. The van der Waals surface area contributed by atoms with Crippen LogP contribution in [-0.4, -0.2) is 17.6 Å². The van der Waals surface area contributed by atoms with Gasteiger partial charge in [-0.2, -0.15) is 0 Å². The minimum absolute atomic E-state index is 0.159. The van der Waals surface area contributed by atoms with Gasteiger partial charge in [0, 0.05) is 31.0 Å². The lowest BCUT2D eigenvalue weighted by Crippen LogP contribution is -2.23. The third-order valence-corrected chi connectivity index (χ3v) is 4.84. The lowest BCUT2D eigenvalue weighted by atomic mass is 10.1. The lowest BCUT2D eigenvalue weighted by molar-refractivity contribution is -0.114. The molecule has 0 saturated carbocycles. The predicted molar refractivity (Wildman–Crippen MR) is 118 cm³/mol. The van der Waals surface area contributed by atoms with Crippen LogP contribution in [0.1, 0.15) is 59.8 Å². The number of allylic oxidation sites excluding steroid dienone is 2. The molecule has 0 bridgehead atoms. The molecule has 0 aliphatic heterocycles. The maximum Gasteiger partial charge on any atom is 0.297 e. The van der Waals surface area contributed by atoms with Gasteiger partial charge >= 0.3 is 0 Å². The fraction of sp³-hybridized carbons (Fsp3) is 0.478. The molecule has 1 heterocycles. The highest BCUT2D eigenvalue weighted by atomic mass is 16.5. The van der Waals surface area contributed by atoms with Crippen LogP contribution in [0.5, 0.6) is 11.5 Å². The van der Waals surface area contributed by atoms with Crippen molar-refractivity contribution in [3.05, 3.63) is 40.4 Å². The molecule has 0 unspecified atom stereocenters. The number of amides is 1. The van der Waals surface area contributed by atoms with Crippen LogP contribution in [0.3, 0.4) is 0 Å². The summed E-state index contributed by atoms with van der Waals surface area (Å²) in [4.78, 5) is 24.7. The molecule has 0 radical (unpaired) electrons. The Kier molecular flexibility index (Phi) is 8.31. The molecule has 1 aromatic heterocycles. The number of hydrogen-bond donors (Lipinski definition) is 1. The van der Waals surface area contributed by atoms with Crippen LogP contribution in [0.2, 0.25) is 0 Å². The number of unbranched alkanes of at least 4 members (excludes halogenated alkanes) is 3. The van der Waals surface area contributed by atoms with Crippen LogP contribution in [-0.2, 0) is 11.3 Å². The molecule has 1 N–H and O–H groups in total. The van der Waals surface area contributed by atoms with Gasteiger partial charge in [0.05, 0.1) is 18.4 Å². The van der Waals surface area contributed by atoms with E-state index in [-0.39, 0.29) is 17.2 Å². The van der Waals surface area contributed by atoms with Crippen molar-refractivity contribution >= 4 is 22.5 Å². The van der Waals surface area contributed by atoms with E-state index in [4.69, 9.17) is 9.47 Å². The van der Waals surface area contributed by atoms with Crippen LogP contribution in [0.15, 0.2) is 34.8 Å². The third kappa shape index (κ3) is 5.40. The smallest absolute Gasteiger partial charge is 0.297 e. The molecule has 2 aromatic rings. The van der Waals surface area contributed by atoms with E-state index < -0.39 is 0 Å². The van der Waals surface area contributed by atoms with E-state index in [2.05, 4.69) is 12.2 Å². The summed E-state index contributed by atoms with van der Waals surface area (Å²) in [6.07, 6.45) is 6.78. The largest absolute Gasteiger partial charge is 0.488 e. The van der Waals surface area contributed by atoms with Crippen molar-refractivity contribution in [1.82, 2.24) is 4.57 Å². The molecule has 0 saturated heterocycles. The molecule has 29 heavy (non-hydrogen) atoms. The van der Waals surface area contributed by atoms with Crippen LogP contribution < -0.4 is 20.3 Å². The Labute approximate surface area is 172 Å². The zero-order valence-corrected chi connectivity index (χ0v) is 18.1. The molecule has 6 nitrogen and oxygen atoms in total. The second-order valence-corrected chi connectivity index (χ2v) is 7.00. The first-order chi connectivity index (χ1) is 14.0. The molecule has 6 heteroatoms. The second kappa shape index (κ2) is 10.7. The van der Waals surface area contributed by atoms with E-state index in [9.17, 15) is 9.59 Å². The van der Waals surface area contributed by atoms with Crippen molar-refractivity contribution in [3.63, 3.8) is 0 Å². The Morgan fingerprint density at radius 2 is 1.93 bits per heavy atom. The number of nitrogens with zero attached hydrogens (tertiary/aromatic N) is 1. The lowest BCUT2D eigenvalue weighted by Gasteiger charge is -2.19. The first kappa shape index (κ1) is 22.5. The second-order valence-electron chi connectivity index (χ2n) is 7.00. The Hall–Kier alpha value is -2.76. The molecule has 0 aliphatic rings. The zero-order chi connectivity index (χ0) is 21.4. The number of anilines is 1. The third-order valence-electron chi connectivity index (χ3n) is 4.84. The van der Waals surface area contributed by atoms with Gasteiger partial charge in [-0.3, -0.25) is 9.59 Å². The standard InChI is InChI=1S/C23H32N2O4/c1-6-9-10-11-14-25-20-15-17(24-16(4)26)12-13-19(20)21(22(28-5)23(25)27)29-18(7-2)8-3/h7,12-13,15H,6,8-11,14H2,1-5H3,(H,24,26). The molecule has 0 atom stereocenters. The highest BCUT2D eigenvalue weighted by Gasteiger charge is 2.20.